The zero-order chi connectivity index (χ0) is 21.2. The van der Waals surface area contributed by atoms with Crippen molar-refractivity contribution in [3.8, 4) is 0 Å². The fourth-order valence-electron chi connectivity index (χ4n) is 4.59. The third-order valence-corrected chi connectivity index (χ3v) is 6.68. The first-order valence-corrected chi connectivity index (χ1v) is 13.0. The van der Waals surface area contributed by atoms with E-state index in [4.69, 9.17) is 4.74 Å². The van der Waals surface area contributed by atoms with Crippen molar-refractivity contribution >= 4 is 5.97 Å². The van der Waals surface area contributed by atoms with E-state index in [1.807, 2.05) is 0 Å². The topological polar surface area (TPSA) is 38.3 Å². The zero-order valence-electron chi connectivity index (χ0n) is 20.0. The van der Waals surface area contributed by atoms with Crippen LogP contribution in [0.1, 0.15) is 136 Å². The molecule has 1 fully saturated rings. The van der Waals surface area contributed by atoms with Crippen molar-refractivity contribution < 1.29 is 9.53 Å². The fraction of sp³-hybridized carbons (Fsp3) is 0.962. The van der Waals surface area contributed by atoms with Crippen LogP contribution in [0, 0.1) is 5.92 Å². The predicted molar refractivity (Wildman–Crippen MR) is 125 cm³/mol. The second-order valence-corrected chi connectivity index (χ2v) is 9.80. The Labute approximate surface area is 182 Å². The van der Waals surface area contributed by atoms with Gasteiger partial charge in [-0.1, -0.05) is 96.8 Å². The summed E-state index contributed by atoms with van der Waals surface area (Å²) in [7, 11) is 0. The molecule has 0 atom stereocenters. The van der Waals surface area contributed by atoms with Gasteiger partial charge in [0.1, 0.15) is 5.60 Å². The van der Waals surface area contributed by atoms with Crippen LogP contribution in [-0.4, -0.2) is 24.7 Å². The number of hydrogen-bond acceptors (Lipinski definition) is 3. The molecule has 0 aromatic heterocycles. The summed E-state index contributed by atoms with van der Waals surface area (Å²) in [5, 5.41) is 3.38. The van der Waals surface area contributed by atoms with Crippen LogP contribution in [0.25, 0.3) is 0 Å². The van der Waals surface area contributed by atoms with Gasteiger partial charge in [0.25, 0.3) is 0 Å². The van der Waals surface area contributed by atoms with Gasteiger partial charge in [0, 0.05) is 12.3 Å². The fourth-order valence-corrected chi connectivity index (χ4v) is 4.59. The number of unbranched alkanes of at least 4 members (excludes halogenated alkanes) is 14. The number of rotatable bonds is 18. The summed E-state index contributed by atoms with van der Waals surface area (Å²) in [5.41, 5.74) is -0.311. The molecule has 1 aliphatic heterocycles. The smallest absolute Gasteiger partial charge is 0.306 e. The summed E-state index contributed by atoms with van der Waals surface area (Å²) >= 11 is 0. The Kier molecular flexibility index (Phi) is 15.6. The van der Waals surface area contributed by atoms with Crippen molar-refractivity contribution in [2.45, 2.75) is 142 Å². The summed E-state index contributed by atoms with van der Waals surface area (Å²) in [6.45, 7) is 8.56. The van der Waals surface area contributed by atoms with E-state index >= 15 is 0 Å². The minimum absolute atomic E-state index is 0.00299. The van der Waals surface area contributed by atoms with E-state index in [0.717, 1.165) is 32.4 Å². The van der Waals surface area contributed by atoms with E-state index < -0.39 is 0 Å². The van der Waals surface area contributed by atoms with Crippen LogP contribution in [0.15, 0.2) is 0 Å². The Bertz CT molecular complexity index is 388. The van der Waals surface area contributed by atoms with Crippen molar-refractivity contribution in [2.24, 2.45) is 5.92 Å². The molecule has 29 heavy (non-hydrogen) atoms. The lowest BCUT2D eigenvalue weighted by Gasteiger charge is -2.36. The van der Waals surface area contributed by atoms with Crippen LogP contribution in [-0.2, 0) is 9.53 Å². The van der Waals surface area contributed by atoms with Crippen LogP contribution in [0.5, 0.6) is 0 Å². The standard InChI is InChI=1S/C26H51NO2/c1-4-5-6-7-8-9-10-11-12-13-14-15-16-17-18-19-25(28)29-26(2,3)24-20-22-27-23-21-24/h24,27H,4-23H2,1-3H3. The van der Waals surface area contributed by atoms with Crippen LogP contribution in [0.4, 0.5) is 0 Å². The van der Waals surface area contributed by atoms with Gasteiger partial charge in [0.2, 0.25) is 0 Å². The lowest BCUT2D eigenvalue weighted by Crippen LogP contribution is -2.42. The molecule has 0 aromatic rings. The molecule has 0 bridgehead atoms. The first-order valence-electron chi connectivity index (χ1n) is 13.0. The van der Waals surface area contributed by atoms with E-state index in [2.05, 4.69) is 26.1 Å². The van der Waals surface area contributed by atoms with Crippen molar-refractivity contribution in [1.82, 2.24) is 5.32 Å². The van der Waals surface area contributed by atoms with Crippen LogP contribution in [0.3, 0.4) is 0 Å². The van der Waals surface area contributed by atoms with Crippen LogP contribution >= 0.6 is 0 Å². The first-order chi connectivity index (χ1) is 14.1. The number of carbonyl (C=O) groups is 1. The van der Waals surface area contributed by atoms with E-state index in [9.17, 15) is 4.79 Å². The molecule has 0 aliphatic carbocycles. The van der Waals surface area contributed by atoms with Gasteiger partial charge in [0.05, 0.1) is 0 Å². The Balaban J connectivity index is 1.86. The van der Waals surface area contributed by atoms with Gasteiger partial charge in [-0.25, -0.2) is 0 Å². The van der Waals surface area contributed by atoms with Crippen molar-refractivity contribution in [3.63, 3.8) is 0 Å². The molecule has 0 saturated carbocycles. The van der Waals surface area contributed by atoms with E-state index in [1.165, 1.54) is 89.9 Å². The Hall–Kier alpha value is -0.570. The summed E-state index contributed by atoms with van der Waals surface area (Å²) in [5.74, 6) is 0.497. The SMILES string of the molecule is CCCCCCCCCCCCCCCCCC(=O)OC(C)(C)C1CCNCC1. The molecule has 0 unspecified atom stereocenters. The lowest BCUT2D eigenvalue weighted by molar-refractivity contribution is -0.162. The molecule has 3 nitrogen and oxygen atoms in total. The second kappa shape index (κ2) is 17.1. The quantitative estimate of drug-likeness (QED) is 0.187. The largest absolute Gasteiger partial charge is 0.459 e. The van der Waals surface area contributed by atoms with Crippen molar-refractivity contribution in [3.05, 3.63) is 0 Å². The van der Waals surface area contributed by atoms with Gasteiger partial charge >= 0.3 is 5.97 Å². The predicted octanol–water partition coefficient (Wildman–Crippen LogP) is 7.57. The maximum atomic E-state index is 12.2. The monoisotopic (exact) mass is 409 g/mol. The van der Waals surface area contributed by atoms with Gasteiger partial charge in [0.15, 0.2) is 0 Å². The molecule has 0 aromatic carbocycles. The normalized spacial score (nSPS) is 15.6. The zero-order valence-corrected chi connectivity index (χ0v) is 20.0. The highest BCUT2D eigenvalue weighted by Gasteiger charge is 2.33. The molecule has 1 N–H and O–H groups in total. The average molecular weight is 410 g/mol. The van der Waals surface area contributed by atoms with Gasteiger partial charge < -0.3 is 10.1 Å². The van der Waals surface area contributed by atoms with Crippen molar-refractivity contribution in [2.75, 3.05) is 13.1 Å². The molecule has 172 valence electrons. The number of nitrogens with one attached hydrogen (secondary N) is 1. The Morgan fingerprint density at radius 2 is 1.17 bits per heavy atom. The van der Waals surface area contributed by atoms with E-state index in [1.54, 1.807) is 0 Å². The first kappa shape index (κ1) is 26.5. The minimum atomic E-state index is -0.311. The molecule has 1 rings (SSSR count). The van der Waals surface area contributed by atoms with Gasteiger partial charge in [-0.15, -0.1) is 0 Å². The van der Waals surface area contributed by atoms with Gasteiger partial charge in [-0.05, 0) is 46.2 Å². The molecule has 1 saturated heterocycles. The van der Waals surface area contributed by atoms with E-state index in [0.29, 0.717) is 12.3 Å². The highest BCUT2D eigenvalue weighted by Crippen LogP contribution is 2.29. The van der Waals surface area contributed by atoms with Gasteiger partial charge in [-0.2, -0.15) is 0 Å². The Morgan fingerprint density at radius 1 is 0.759 bits per heavy atom. The molecule has 1 aliphatic rings. The summed E-state index contributed by atoms with van der Waals surface area (Å²) in [6, 6.07) is 0. The molecule has 0 spiro atoms. The molecule has 0 amide bonds. The number of esters is 1. The number of hydrogen-bond donors (Lipinski definition) is 1. The summed E-state index contributed by atoms with van der Waals surface area (Å²) < 4.78 is 5.83. The maximum Gasteiger partial charge on any atom is 0.306 e. The molecule has 3 heteroatoms. The third kappa shape index (κ3) is 14.1. The van der Waals surface area contributed by atoms with Gasteiger partial charge in [-0.3, -0.25) is 4.79 Å². The second-order valence-electron chi connectivity index (χ2n) is 9.80. The van der Waals surface area contributed by atoms with Crippen LogP contribution in [0.2, 0.25) is 0 Å². The minimum Gasteiger partial charge on any atom is -0.459 e. The number of ether oxygens (including phenoxy) is 1. The lowest BCUT2D eigenvalue weighted by atomic mass is 9.83. The highest BCUT2D eigenvalue weighted by atomic mass is 16.6. The molecular weight excluding hydrogens is 358 g/mol. The Morgan fingerprint density at radius 3 is 1.62 bits per heavy atom. The summed E-state index contributed by atoms with van der Waals surface area (Å²) in [6.07, 6.45) is 23.1. The third-order valence-electron chi connectivity index (χ3n) is 6.68. The number of carbonyl (C=O) groups excluding carboxylic acids is 1. The number of piperidine rings is 1. The molecule has 1 heterocycles. The molecule has 0 radical (unpaired) electrons. The van der Waals surface area contributed by atoms with E-state index in [-0.39, 0.29) is 11.6 Å². The molecular formula is C26H51NO2. The summed E-state index contributed by atoms with van der Waals surface area (Å²) in [4.78, 5) is 12.2. The average Bonchev–Trinajstić information content (AvgIpc) is 2.71. The van der Waals surface area contributed by atoms with Crippen LogP contribution < -0.4 is 5.32 Å². The highest BCUT2D eigenvalue weighted by molar-refractivity contribution is 5.69. The maximum absolute atomic E-state index is 12.2. The van der Waals surface area contributed by atoms with Crippen molar-refractivity contribution in [1.29, 1.82) is 0 Å².